The van der Waals surface area contributed by atoms with Crippen LogP contribution < -0.4 is 4.89 Å². The van der Waals surface area contributed by atoms with Crippen LogP contribution in [0.2, 0.25) is 0 Å². The molecule has 0 fully saturated rings. The Morgan fingerprint density at radius 1 is 0.308 bits per heavy atom. The van der Waals surface area contributed by atoms with E-state index in [0.717, 1.165) is 122 Å². The van der Waals surface area contributed by atoms with E-state index >= 15 is 0 Å². The van der Waals surface area contributed by atoms with Crippen molar-refractivity contribution in [3.05, 3.63) is 182 Å². The maximum Gasteiger partial charge on any atom is 0.306 e. The zero-order chi connectivity index (χ0) is 75.4. The standard InChI is InChI=1S/C94H158NO8P/c1-6-8-10-12-14-16-18-20-22-24-26-28-30-32-34-36-38-40-42-44-46-47-49-50-52-54-56-58-60-62-64-66-68-70-72-74-76-78-80-82-84-86-93(96)100-90-92(91-102-104(98,99)101-89-88-95(3,4)5)103-94(97)87-85-83-81-79-77-75-73-71-69-67-65-63-61-59-57-55-53-51-48-45-43-41-39-37-35-33-31-29-27-25-23-21-19-17-15-13-11-9-7-2/h9,11,15,17-18,20-21,23-24,26-27,29-30,32-33,35,39,41,45,48,53,55,59,61,65,67,71,73,77,79,92H,6-8,10,12-14,16,19,22,25,28,31,34,36-38,40,42-44,46-47,49-52,54,56-58,60,62-64,66,68-70,72,74-76,78,80-91H2,1-5H3/b11-9-,17-15-,20-18-,23-21-,26-24-,29-27-,32-30-,35-33-,41-39-,48-45-,55-53-,61-59-,67-65-,73-71-,79-77-. The molecule has 104 heavy (non-hydrogen) atoms. The predicted octanol–water partition coefficient (Wildman–Crippen LogP) is 28.3. The molecule has 2 unspecified atom stereocenters. The topological polar surface area (TPSA) is 111 Å². The average Bonchev–Trinajstić information content (AvgIpc) is 0.915. The van der Waals surface area contributed by atoms with Gasteiger partial charge in [0.15, 0.2) is 6.10 Å². The van der Waals surface area contributed by atoms with Gasteiger partial charge >= 0.3 is 11.9 Å². The summed E-state index contributed by atoms with van der Waals surface area (Å²) in [6.45, 7) is 4.08. The van der Waals surface area contributed by atoms with Gasteiger partial charge in [-0.25, -0.2) is 0 Å². The number of ether oxygens (including phenoxy) is 2. The molecule has 10 heteroatoms. The van der Waals surface area contributed by atoms with E-state index < -0.39 is 32.5 Å². The summed E-state index contributed by atoms with van der Waals surface area (Å²) in [6.07, 6.45) is 126. The lowest BCUT2D eigenvalue weighted by Gasteiger charge is -2.28. The number of phosphoric acid groups is 1. The van der Waals surface area contributed by atoms with Crippen LogP contribution in [-0.4, -0.2) is 70.0 Å². The van der Waals surface area contributed by atoms with Gasteiger partial charge in [-0.2, -0.15) is 0 Å². The Bertz CT molecular complexity index is 2420. The number of likely N-dealkylation sites (N-methyl/N-ethyl adjacent to an activating group) is 1. The number of hydrogen-bond acceptors (Lipinski definition) is 8. The van der Waals surface area contributed by atoms with E-state index in [2.05, 4.69) is 196 Å². The van der Waals surface area contributed by atoms with Gasteiger partial charge in [-0.15, -0.1) is 0 Å². The van der Waals surface area contributed by atoms with Crippen molar-refractivity contribution in [2.24, 2.45) is 0 Å². The first kappa shape index (κ1) is 99.1. The van der Waals surface area contributed by atoms with E-state index in [1.54, 1.807) is 0 Å². The van der Waals surface area contributed by atoms with E-state index in [9.17, 15) is 19.0 Å². The van der Waals surface area contributed by atoms with Gasteiger partial charge in [0.05, 0.1) is 27.7 Å². The second-order valence-corrected chi connectivity index (χ2v) is 30.5. The van der Waals surface area contributed by atoms with Crippen molar-refractivity contribution in [1.29, 1.82) is 0 Å². The Balaban J connectivity index is 4.05. The Hall–Kier alpha value is -4.89. The SMILES string of the molecule is CC/C=C\C/C=C\C/C=C\C/C=C\C/C=C\C/C=C\C/C=C\C/C=C\C/C=C\C/C=C\C/C=C\C/C=C\CCCCC(=O)OC(COC(=O)CCCCCCCCCCCCCCCCCCCCCCCCCCCC/C=C\C/C=C\C/C=C\CCCCCCC)COP(=O)([O-])OCC[N+](C)(C)C. The number of carbonyl (C=O) groups excluding carboxylic acids is 2. The van der Waals surface area contributed by atoms with Crippen LogP contribution in [0.25, 0.3) is 0 Å². The molecule has 0 amide bonds. The minimum Gasteiger partial charge on any atom is -0.756 e. The Kier molecular flexibility index (Phi) is 78.3. The molecular weight excluding hydrogens is 1300 g/mol. The number of allylic oxidation sites excluding steroid dienone is 30. The monoisotopic (exact) mass is 1460 g/mol. The van der Waals surface area contributed by atoms with Crippen LogP contribution in [0.3, 0.4) is 0 Å². The van der Waals surface area contributed by atoms with Gasteiger partial charge in [-0.05, 0) is 141 Å². The third kappa shape index (κ3) is 86.0. The van der Waals surface area contributed by atoms with Crippen LogP contribution in [0.4, 0.5) is 0 Å². The highest BCUT2D eigenvalue weighted by molar-refractivity contribution is 7.45. The summed E-state index contributed by atoms with van der Waals surface area (Å²) in [6, 6.07) is 0. The van der Waals surface area contributed by atoms with Gasteiger partial charge in [0, 0.05) is 12.8 Å². The zero-order valence-electron chi connectivity index (χ0n) is 67.7. The van der Waals surface area contributed by atoms with Gasteiger partial charge in [-0.1, -0.05) is 376 Å². The second-order valence-electron chi connectivity index (χ2n) is 29.1. The van der Waals surface area contributed by atoms with E-state index in [1.807, 2.05) is 21.1 Å². The van der Waals surface area contributed by atoms with Crippen molar-refractivity contribution in [2.45, 2.75) is 354 Å². The molecule has 0 aliphatic carbocycles. The van der Waals surface area contributed by atoms with E-state index in [1.165, 1.54) is 193 Å². The molecule has 0 bridgehead atoms. The maximum atomic E-state index is 12.9. The van der Waals surface area contributed by atoms with Gasteiger partial charge in [0.2, 0.25) is 0 Å². The van der Waals surface area contributed by atoms with Gasteiger partial charge in [-0.3, -0.25) is 14.2 Å². The molecule has 0 aliphatic heterocycles. The van der Waals surface area contributed by atoms with E-state index in [0.29, 0.717) is 17.4 Å². The summed E-state index contributed by atoms with van der Waals surface area (Å²) >= 11 is 0. The van der Waals surface area contributed by atoms with E-state index in [4.69, 9.17) is 18.5 Å². The van der Waals surface area contributed by atoms with Gasteiger partial charge in [0.25, 0.3) is 7.82 Å². The van der Waals surface area contributed by atoms with Crippen LogP contribution in [-0.2, 0) is 32.7 Å². The fraction of sp³-hybridized carbons (Fsp3) is 0.660. The van der Waals surface area contributed by atoms with Crippen molar-refractivity contribution in [3.63, 3.8) is 0 Å². The van der Waals surface area contributed by atoms with Crippen molar-refractivity contribution in [2.75, 3.05) is 47.5 Å². The molecule has 0 aromatic rings. The molecule has 9 nitrogen and oxygen atoms in total. The normalized spacial score (nSPS) is 13.9. The van der Waals surface area contributed by atoms with Gasteiger partial charge < -0.3 is 27.9 Å². The Morgan fingerprint density at radius 2 is 0.548 bits per heavy atom. The van der Waals surface area contributed by atoms with Crippen molar-refractivity contribution < 1.29 is 42.1 Å². The Labute approximate surface area is 641 Å². The fourth-order valence-corrected chi connectivity index (χ4v) is 12.2. The highest BCUT2D eigenvalue weighted by Crippen LogP contribution is 2.38. The van der Waals surface area contributed by atoms with Crippen LogP contribution in [0.1, 0.15) is 348 Å². The zero-order valence-corrected chi connectivity index (χ0v) is 68.6. The summed E-state index contributed by atoms with van der Waals surface area (Å²) in [5.74, 6) is -0.885. The third-order valence-electron chi connectivity index (χ3n) is 17.9. The minimum absolute atomic E-state index is 0.0470. The summed E-state index contributed by atoms with van der Waals surface area (Å²) in [4.78, 5) is 38.2. The molecule has 0 aromatic carbocycles. The average molecular weight is 1460 g/mol. The molecule has 0 spiro atoms. The van der Waals surface area contributed by atoms with Crippen LogP contribution in [0, 0.1) is 0 Å². The molecule has 0 rings (SSSR count). The van der Waals surface area contributed by atoms with Crippen LogP contribution >= 0.6 is 7.82 Å². The largest absolute Gasteiger partial charge is 0.756 e. The number of quaternary nitrogens is 1. The number of esters is 2. The number of phosphoric ester groups is 1. The number of hydrogen-bond donors (Lipinski definition) is 0. The summed E-state index contributed by atoms with van der Waals surface area (Å²) in [5, 5.41) is 0. The molecule has 0 N–H and O–H groups in total. The number of unbranched alkanes of at least 4 members (excludes halogenated alkanes) is 33. The molecule has 0 saturated carbocycles. The maximum absolute atomic E-state index is 12.9. The third-order valence-corrected chi connectivity index (χ3v) is 18.9. The van der Waals surface area contributed by atoms with E-state index in [-0.39, 0.29) is 26.1 Å². The molecular formula is C94H158NO8P. The highest BCUT2D eigenvalue weighted by Gasteiger charge is 2.22. The summed E-state index contributed by atoms with van der Waals surface area (Å²) in [7, 11) is 1.13. The Morgan fingerprint density at radius 3 is 0.837 bits per heavy atom. The first-order valence-electron chi connectivity index (χ1n) is 42.5. The van der Waals surface area contributed by atoms with Crippen LogP contribution in [0.15, 0.2) is 182 Å². The smallest absolute Gasteiger partial charge is 0.306 e. The fourth-order valence-electron chi connectivity index (χ4n) is 11.5. The molecule has 0 saturated heterocycles. The van der Waals surface area contributed by atoms with Crippen molar-refractivity contribution in [3.8, 4) is 0 Å². The molecule has 0 radical (unpaired) electrons. The molecule has 0 aliphatic rings. The van der Waals surface area contributed by atoms with Crippen molar-refractivity contribution in [1.82, 2.24) is 0 Å². The van der Waals surface area contributed by atoms with Gasteiger partial charge in [0.1, 0.15) is 19.8 Å². The lowest BCUT2D eigenvalue weighted by molar-refractivity contribution is -0.870. The first-order valence-corrected chi connectivity index (χ1v) is 44.0. The van der Waals surface area contributed by atoms with Crippen molar-refractivity contribution >= 4 is 19.8 Å². The summed E-state index contributed by atoms with van der Waals surface area (Å²) in [5.41, 5.74) is 0. The number of nitrogens with zero attached hydrogens (tertiary/aromatic N) is 1. The highest BCUT2D eigenvalue weighted by atomic mass is 31.2. The second kappa shape index (κ2) is 82.2. The number of carbonyl (C=O) groups is 2. The molecule has 592 valence electrons. The molecule has 0 aromatic heterocycles. The predicted molar refractivity (Wildman–Crippen MR) is 452 cm³/mol. The quantitative estimate of drug-likeness (QED) is 0.0195. The lowest BCUT2D eigenvalue weighted by Crippen LogP contribution is -2.37. The first-order chi connectivity index (χ1) is 51.0. The summed E-state index contributed by atoms with van der Waals surface area (Å²) < 4.78 is 34.4. The molecule has 2 atom stereocenters. The number of rotatable bonds is 77. The van der Waals surface area contributed by atoms with Crippen LogP contribution in [0.5, 0.6) is 0 Å². The lowest BCUT2D eigenvalue weighted by atomic mass is 10.0. The minimum atomic E-state index is -4.67. The molecule has 0 heterocycles.